The molecule has 25 heavy (non-hydrogen) atoms. The molecule has 0 atom stereocenters. The van der Waals surface area contributed by atoms with Crippen molar-refractivity contribution in [3.63, 3.8) is 0 Å². The van der Waals surface area contributed by atoms with Gasteiger partial charge < -0.3 is 15.1 Å². The van der Waals surface area contributed by atoms with Crippen molar-refractivity contribution in [2.45, 2.75) is 52.7 Å². The van der Waals surface area contributed by atoms with E-state index < -0.39 is 0 Å². The van der Waals surface area contributed by atoms with Crippen LogP contribution < -0.4 is 5.32 Å². The first-order valence-electron chi connectivity index (χ1n) is 8.58. The van der Waals surface area contributed by atoms with Crippen molar-refractivity contribution in [3.05, 3.63) is 18.0 Å². The highest BCUT2D eigenvalue weighted by atomic mass is 127. The van der Waals surface area contributed by atoms with Gasteiger partial charge in [0.1, 0.15) is 0 Å². The molecular weight excluding hydrogens is 431 g/mol. The average Bonchev–Trinajstić information content (AvgIpc) is 2.86. The minimum absolute atomic E-state index is 0. The van der Waals surface area contributed by atoms with Crippen LogP contribution in [0.5, 0.6) is 0 Å². The molecule has 1 aliphatic rings. The number of aliphatic imine (C=N–C) groups is 1. The molecular formula is C17H31IN6O. The lowest BCUT2D eigenvalue weighted by Crippen LogP contribution is -2.66. The van der Waals surface area contributed by atoms with Gasteiger partial charge in [-0.3, -0.25) is 9.48 Å². The molecule has 1 amide bonds. The molecule has 8 heteroatoms. The van der Waals surface area contributed by atoms with Gasteiger partial charge in [0.2, 0.25) is 5.91 Å². The number of rotatable bonds is 4. The van der Waals surface area contributed by atoms with Crippen LogP contribution in [0, 0.1) is 0 Å². The fourth-order valence-electron chi connectivity index (χ4n) is 3.45. The zero-order chi connectivity index (χ0) is 17.9. The third-order valence-corrected chi connectivity index (χ3v) is 4.29. The van der Waals surface area contributed by atoms with E-state index in [-0.39, 0.29) is 41.5 Å². The van der Waals surface area contributed by atoms with Crippen molar-refractivity contribution in [2.75, 3.05) is 19.6 Å². The molecule has 0 spiro atoms. The molecule has 1 saturated heterocycles. The summed E-state index contributed by atoms with van der Waals surface area (Å²) < 4.78 is 1.82. The molecule has 1 aromatic rings. The van der Waals surface area contributed by atoms with E-state index >= 15 is 0 Å². The first kappa shape index (κ1) is 21.7. The molecule has 0 saturated carbocycles. The number of aromatic nitrogens is 2. The normalized spacial score (nSPS) is 17.7. The quantitative estimate of drug-likeness (QED) is 0.422. The van der Waals surface area contributed by atoms with Crippen LogP contribution in [0.2, 0.25) is 0 Å². The molecule has 2 rings (SSSR count). The number of nitrogens with zero attached hydrogens (tertiary/aromatic N) is 5. The van der Waals surface area contributed by atoms with Crippen LogP contribution >= 0.6 is 24.0 Å². The number of carbonyl (C=O) groups excluding carboxylic acids is 1. The number of aryl methyl sites for hydroxylation is 1. The van der Waals surface area contributed by atoms with Crippen LogP contribution in [0.1, 0.15) is 40.3 Å². The van der Waals surface area contributed by atoms with Gasteiger partial charge in [-0.2, -0.15) is 5.10 Å². The van der Waals surface area contributed by atoms with Gasteiger partial charge >= 0.3 is 0 Å². The highest BCUT2D eigenvalue weighted by Gasteiger charge is 2.40. The predicted octanol–water partition coefficient (Wildman–Crippen LogP) is 1.83. The Balaban J connectivity index is 0.00000312. The van der Waals surface area contributed by atoms with E-state index in [1.54, 1.807) is 6.20 Å². The van der Waals surface area contributed by atoms with E-state index in [0.29, 0.717) is 13.1 Å². The van der Waals surface area contributed by atoms with Crippen LogP contribution in [0.3, 0.4) is 0 Å². The van der Waals surface area contributed by atoms with Gasteiger partial charge in [0.25, 0.3) is 0 Å². The Kier molecular flexibility index (Phi) is 7.70. The summed E-state index contributed by atoms with van der Waals surface area (Å²) in [5.41, 5.74) is 0.809. The third kappa shape index (κ3) is 5.08. The van der Waals surface area contributed by atoms with Gasteiger partial charge in [-0.25, -0.2) is 4.99 Å². The predicted molar refractivity (Wildman–Crippen MR) is 111 cm³/mol. The number of hydrogen-bond acceptors (Lipinski definition) is 3. The second-order valence-corrected chi connectivity index (χ2v) is 7.14. The topological polar surface area (TPSA) is 65.8 Å². The molecule has 0 unspecified atom stereocenters. The molecule has 1 fully saturated rings. The van der Waals surface area contributed by atoms with Crippen LogP contribution in [0.25, 0.3) is 0 Å². The van der Waals surface area contributed by atoms with Crippen molar-refractivity contribution < 1.29 is 4.79 Å². The zero-order valence-corrected chi connectivity index (χ0v) is 18.4. The van der Waals surface area contributed by atoms with Crippen molar-refractivity contribution in [1.82, 2.24) is 24.9 Å². The SMILES string of the molecule is CCNC(=NCc1ccnn1C)N1CC(=O)N(C(C)C)C(C)(C)C1.I. The Bertz CT molecular complexity index is 610. The molecule has 142 valence electrons. The fraction of sp³-hybridized carbons (Fsp3) is 0.706. The highest BCUT2D eigenvalue weighted by molar-refractivity contribution is 14.0. The smallest absolute Gasteiger partial charge is 0.242 e. The van der Waals surface area contributed by atoms with Gasteiger partial charge in [0.05, 0.1) is 24.3 Å². The van der Waals surface area contributed by atoms with Crippen molar-refractivity contribution in [2.24, 2.45) is 12.0 Å². The summed E-state index contributed by atoms with van der Waals surface area (Å²) in [6, 6.07) is 2.15. The van der Waals surface area contributed by atoms with E-state index in [9.17, 15) is 4.79 Å². The summed E-state index contributed by atoms with van der Waals surface area (Å²) in [5, 5.41) is 7.48. The maximum atomic E-state index is 12.6. The van der Waals surface area contributed by atoms with Gasteiger partial charge in [-0.15, -0.1) is 24.0 Å². The Labute approximate surface area is 167 Å². The molecule has 0 aromatic carbocycles. The van der Waals surface area contributed by atoms with E-state index in [0.717, 1.165) is 24.7 Å². The van der Waals surface area contributed by atoms with Crippen molar-refractivity contribution in [1.29, 1.82) is 0 Å². The van der Waals surface area contributed by atoms with Gasteiger partial charge in [-0.05, 0) is 40.7 Å². The number of hydrogen-bond donors (Lipinski definition) is 1. The summed E-state index contributed by atoms with van der Waals surface area (Å²) >= 11 is 0. The standard InChI is InChI=1S/C17H30N6O.HI/c1-7-18-16(19-10-14-8-9-20-21(14)6)22-11-15(24)23(13(2)3)17(4,5)12-22;/h8-9,13H,7,10-12H2,1-6H3,(H,18,19);1H. The van der Waals surface area contributed by atoms with Gasteiger partial charge in [0, 0.05) is 32.4 Å². The molecule has 0 aliphatic carbocycles. The van der Waals surface area contributed by atoms with Crippen molar-refractivity contribution in [3.8, 4) is 0 Å². The number of guanidine groups is 1. The van der Waals surface area contributed by atoms with Gasteiger partial charge in [0.15, 0.2) is 5.96 Å². The monoisotopic (exact) mass is 462 g/mol. The maximum Gasteiger partial charge on any atom is 0.242 e. The zero-order valence-electron chi connectivity index (χ0n) is 16.1. The first-order chi connectivity index (χ1) is 11.3. The summed E-state index contributed by atoms with van der Waals surface area (Å²) in [7, 11) is 1.91. The summed E-state index contributed by atoms with van der Waals surface area (Å²) in [6.07, 6.45) is 1.77. The number of nitrogens with one attached hydrogen (secondary N) is 1. The Morgan fingerprint density at radius 3 is 2.60 bits per heavy atom. The van der Waals surface area contributed by atoms with Gasteiger partial charge in [-0.1, -0.05) is 0 Å². The summed E-state index contributed by atoms with van der Waals surface area (Å²) in [6.45, 7) is 12.8. The molecule has 1 N–H and O–H groups in total. The minimum atomic E-state index is -0.230. The lowest BCUT2D eigenvalue weighted by atomic mass is 9.96. The molecule has 1 aromatic heterocycles. The fourth-order valence-corrected chi connectivity index (χ4v) is 3.45. The largest absolute Gasteiger partial charge is 0.356 e. The van der Waals surface area contributed by atoms with Crippen LogP contribution in [0.15, 0.2) is 17.3 Å². The second kappa shape index (κ2) is 8.86. The molecule has 1 aliphatic heterocycles. The van der Waals surface area contributed by atoms with Crippen molar-refractivity contribution >= 4 is 35.8 Å². The number of carbonyl (C=O) groups is 1. The van der Waals surface area contributed by atoms with Crippen LogP contribution in [-0.2, 0) is 18.4 Å². The number of halogens is 1. The minimum Gasteiger partial charge on any atom is -0.356 e. The second-order valence-electron chi connectivity index (χ2n) is 7.14. The van der Waals surface area contributed by atoms with E-state index in [1.165, 1.54) is 0 Å². The van der Waals surface area contributed by atoms with E-state index in [4.69, 9.17) is 4.99 Å². The number of piperazine rings is 1. The molecule has 0 bridgehead atoms. The Hall–Kier alpha value is -1.32. The molecule has 7 nitrogen and oxygen atoms in total. The first-order valence-corrected chi connectivity index (χ1v) is 8.58. The Morgan fingerprint density at radius 1 is 1.44 bits per heavy atom. The van der Waals surface area contributed by atoms with Crippen LogP contribution in [-0.4, -0.2) is 62.7 Å². The van der Waals surface area contributed by atoms with Crippen LogP contribution in [0.4, 0.5) is 0 Å². The third-order valence-electron chi connectivity index (χ3n) is 4.29. The molecule has 2 heterocycles. The average molecular weight is 462 g/mol. The highest BCUT2D eigenvalue weighted by Crippen LogP contribution is 2.24. The summed E-state index contributed by atoms with van der Waals surface area (Å²) in [5.74, 6) is 0.927. The van der Waals surface area contributed by atoms with E-state index in [2.05, 4.69) is 43.0 Å². The summed E-state index contributed by atoms with van der Waals surface area (Å²) in [4.78, 5) is 21.4. The van der Waals surface area contributed by atoms with E-state index in [1.807, 2.05) is 29.6 Å². The Morgan fingerprint density at radius 2 is 2.12 bits per heavy atom. The lowest BCUT2D eigenvalue weighted by Gasteiger charge is -2.49. The maximum absolute atomic E-state index is 12.6. The lowest BCUT2D eigenvalue weighted by molar-refractivity contribution is -0.145. The molecule has 0 radical (unpaired) electrons. The number of amides is 1.